The van der Waals surface area contributed by atoms with Gasteiger partial charge in [-0.3, -0.25) is 0 Å². The lowest BCUT2D eigenvalue weighted by molar-refractivity contribution is 0.0593. The largest absolute Gasteiger partial charge is 0.464 e. The van der Waals surface area contributed by atoms with Gasteiger partial charge in [0.1, 0.15) is 18.9 Å². The Labute approximate surface area is 165 Å². The van der Waals surface area contributed by atoms with Crippen LogP contribution in [0.25, 0.3) is 0 Å². The Bertz CT molecular complexity index is 787. The van der Waals surface area contributed by atoms with Crippen LogP contribution in [-0.4, -0.2) is 38.6 Å². The van der Waals surface area contributed by atoms with E-state index in [2.05, 4.69) is 15.0 Å². The lowest BCUT2D eigenvalue weighted by Crippen LogP contribution is -2.41. The molecule has 0 spiro atoms. The normalized spacial score (nSPS) is 13.5. The van der Waals surface area contributed by atoms with Gasteiger partial charge >= 0.3 is 12.1 Å². The first kappa shape index (κ1) is 21.6. The molecule has 1 aromatic carbocycles. The van der Waals surface area contributed by atoms with Gasteiger partial charge in [0.2, 0.25) is 5.89 Å². The van der Waals surface area contributed by atoms with Gasteiger partial charge in [-0.25, -0.2) is 14.6 Å². The van der Waals surface area contributed by atoms with Crippen LogP contribution in [0, 0.1) is 0 Å². The first-order chi connectivity index (χ1) is 13.2. The topological polar surface area (TPSA) is 99.9 Å². The number of alkyl carbamates (subject to hydrolysis) is 1. The maximum Gasteiger partial charge on any atom is 0.408 e. The second-order valence-electron chi connectivity index (χ2n) is 7.18. The van der Waals surface area contributed by atoms with Crippen molar-refractivity contribution >= 4 is 20.4 Å². The van der Waals surface area contributed by atoms with Crippen molar-refractivity contribution in [2.24, 2.45) is 0 Å². The van der Waals surface area contributed by atoms with E-state index in [9.17, 15) is 9.59 Å². The Morgan fingerprint density at radius 2 is 1.89 bits per heavy atom. The summed E-state index contributed by atoms with van der Waals surface area (Å²) < 4.78 is 21.4. The average Bonchev–Trinajstić information content (AvgIpc) is 3.13. The molecular weight excluding hydrogens is 380 g/mol. The zero-order valence-corrected chi connectivity index (χ0v) is 17.7. The Morgan fingerprint density at radius 3 is 2.50 bits per heavy atom. The molecule has 28 heavy (non-hydrogen) atoms. The summed E-state index contributed by atoms with van der Waals surface area (Å²) >= 11 is 0. The molecule has 2 aromatic rings. The fourth-order valence-electron chi connectivity index (χ4n) is 2.53. The van der Waals surface area contributed by atoms with Gasteiger partial charge < -0.3 is 23.6 Å². The smallest absolute Gasteiger partial charge is 0.408 e. The number of aromatic nitrogens is 1. The van der Waals surface area contributed by atoms with Crippen molar-refractivity contribution in [2.75, 3.05) is 7.11 Å². The molecule has 0 bridgehead atoms. The van der Waals surface area contributed by atoms with Crippen LogP contribution in [0.15, 0.2) is 41.0 Å². The number of nitrogens with one attached hydrogen (secondary N) is 1. The minimum atomic E-state index is -1.91. The summed E-state index contributed by atoms with van der Waals surface area (Å²) in [5.74, 6) is -0.484. The van der Waals surface area contributed by atoms with Gasteiger partial charge in [-0.1, -0.05) is 30.3 Å². The number of carbonyl (C=O) groups is 2. The van der Waals surface area contributed by atoms with Gasteiger partial charge in [-0.2, -0.15) is 0 Å². The first-order valence-corrected chi connectivity index (χ1v) is 12.3. The maximum atomic E-state index is 12.3. The standard InChI is InChI=1S/C19H26N2O6Si/c1-13(27-28(3,4)5)16(17-20-15(12-25-17)18(22)24-2)21-19(23)26-11-14-9-7-6-8-10-14/h6-10,12-13,16H,11H2,1-5H3,(H,21,23)/t13-,16+/m1/s1. The molecule has 0 aliphatic rings. The van der Waals surface area contributed by atoms with Crippen molar-refractivity contribution in [1.82, 2.24) is 10.3 Å². The molecule has 1 N–H and O–H groups in total. The fourth-order valence-corrected chi connectivity index (χ4v) is 3.78. The highest BCUT2D eigenvalue weighted by Gasteiger charge is 2.31. The first-order valence-electron chi connectivity index (χ1n) is 8.88. The third-order valence-electron chi connectivity index (χ3n) is 3.68. The van der Waals surface area contributed by atoms with E-state index in [4.69, 9.17) is 13.6 Å². The molecule has 0 saturated heterocycles. The van der Waals surface area contributed by atoms with Crippen molar-refractivity contribution in [3.8, 4) is 0 Å². The molecule has 0 fully saturated rings. The van der Waals surface area contributed by atoms with Crippen molar-refractivity contribution in [3.63, 3.8) is 0 Å². The van der Waals surface area contributed by atoms with E-state index in [1.165, 1.54) is 13.4 Å². The number of benzene rings is 1. The number of nitrogens with zero attached hydrogens (tertiary/aromatic N) is 1. The highest BCUT2D eigenvalue weighted by molar-refractivity contribution is 6.69. The number of carbonyl (C=O) groups excluding carboxylic acids is 2. The number of amides is 1. The molecule has 1 heterocycles. The molecule has 9 heteroatoms. The van der Waals surface area contributed by atoms with E-state index in [0.717, 1.165) is 5.56 Å². The Morgan fingerprint density at radius 1 is 1.21 bits per heavy atom. The molecule has 0 radical (unpaired) electrons. The maximum absolute atomic E-state index is 12.3. The molecule has 0 aliphatic carbocycles. The van der Waals surface area contributed by atoms with Gasteiger partial charge in [0.15, 0.2) is 14.0 Å². The highest BCUT2D eigenvalue weighted by atomic mass is 28.4. The number of hydrogen-bond donors (Lipinski definition) is 1. The van der Waals surface area contributed by atoms with Crippen LogP contribution in [0.5, 0.6) is 0 Å². The average molecular weight is 407 g/mol. The summed E-state index contributed by atoms with van der Waals surface area (Å²) in [4.78, 5) is 28.1. The Hall–Kier alpha value is -2.65. The van der Waals surface area contributed by atoms with Gasteiger partial charge in [0.25, 0.3) is 0 Å². The zero-order chi connectivity index (χ0) is 20.7. The van der Waals surface area contributed by atoms with Gasteiger partial charge in [0, 0.05) is 0 Å². The van der Waals surface area contributed by atoms with E-state index < -0.39 is 32.5 Å². The van der Waals surface area contributed by atoms with Crippen molar-refractivity contribution in [3.05, 3.63) is 53.7 Å². The van der Waals surface area contributed by atoms with Crippen molar-refractivity contribution in [1.29, 1.82) is 0 Å². The Balaban J connectivity index is 2.12. The predicted molar refractivity (Wildman–Crippen MR) is 104 cm³/mol. The van der Waals surface area contributed by atoms with Gasteiger partial charge in [-0.15, -0.1) is 0 Å². The van der Waals surface area contributed by atoms with Crippen LogP contribution in [0.2, 0.25) is 19.6 Å². The molecule has 152 valence electrons. The van der Waals surface area contributed by atoms with Gasteiger partial charge in [-0.05, 0) is 32.1 Å². The van der Waals surface area contributed by atoms with Crippen molar-refractivity contribution in [2.45, 2.75) is 45.3 Å². The quantitative estimate of drug-likeness (QED) is 0.527. The van der Waals surface area contributed by atoms with E-state index in [0.29, 0.717) is 0 Å². The summed E-state index contributed by atoms with van der Waals surface area (Å²) in [6, 6.07) is 8.61. The third kappa shape index (κ3) is 6.50. The molecule has 8 nitrogen and oxygen atoms in total. The predicted octanol–water partition coefficient (Wildman–Crippen LogP) is 3.67. The van der Waals surface area contributed by atoms with Crippen molar-refractivity contribution < 1.29 is 27.9 Å². The molecule has 0 saturated carbocycles. The molecular formula is C19H26N2O6Si. The summed E-state index contributed by atoms with van der Waals surface area (Å²) in [5, 5.41) is 2.72. The zero-order valence-electron chi connectivity index (χ0n) is 16.7. The van der Waals surface area contributed by atoms with E-state index in [1.807, 2.05) is 56.9 Å². The SMILES string of the molecule is COC(=O)c1coc([C@@H](NC(=O)OCc2ccccc2)[C@@H](C)O[Si](C)(C)C)n1. The van der Waals surface area contributed by atoms with Crippen LogP contribution in [-0.2, 0) is 20.5 Å². The van der Waals surface area contributed by atoms with Crippen LogP contribution >= 0.6 is 0 Å². The summed E-state index contributed by atoms with van der Waals surface area (Å²) in [6.45, 7) is 8.03. The van der Waals surface area contributed by atoms with Crippen LogP contribution in [0.3, 0.4) is 0 Å². The van der Waals surface area contributed by atoms with Crippen LogP contribution in [0.4, 0.5) is 4.79 Å². The number of hydrogen-bond acceptors (Lipinski definition) is 7. The van der Waals surface area contributed by atoms with Crippen LogP contribution in [0.1, 0.15) is 34.9 Å². The number of rotatable bonds is 8. The number of methoxy groups -OCH3 is 1. The monoisotopic (exact) mass is 406 g/mol. The van der Waals surface area contributed by atoms with Crippen LogP contribution < -0.4 is 5.32 Å². The number of esters is 1. The summed E-state index contributed by atoms with van der Waals surface area (Å²) in [6.07, 6.45) is 0.102. The molecule has 1 amide bonds. The molecule has 0 unspecified atom stereocenters. The second kappa shape index (κ2) is 9.51. The molecule has 0 aliphatic heterocycles. The minimum absolute atomic E-state index is 0.0159. The lowest BCUT2D eigenvalue weighted by Gasteiger charge is -2.28. The summed E-state index contributed by atoms with van der Waals surface area (Å²) in [5.41, 5.74) is 0.881. The molecule has 1 aromatic heterocycles. The second-order valence-corrected chi connectivity index (χ2v) is 11.6. The fraction of sp³-hybridized carbons (Fsp3) is 0.421. The van der Waals surface area contributed by atoms with E-state index >= 15 is 0 Å². The lowest BCUT2D eigenvalue weighted by atomic mass is 10.2. The van der Waals surface area contributed by atoms with E-state index in [1.54, 1.807) is 0 Å². The Kier molecular flexibility index (Phi) is 7.36. The van der Waals surface area contributed by atoms with E-state index in [-0.39, 0.29) is 18.2 Å². The molecule has 2 atom stereocenters. The number of oxazole rings is 1. The van der Waals surface area contributed by atoms with Gasteiger partial charge in [0.05, 0.1) is 13.2 Å². The highest BCUT2D eigenvalue weighted by Crippen LogP contribution is 2.22. The third-order valence-corrected chi connectivity index (χ3v) is 4.76. The summed E-state index contributed by atoms with van der Waals surface area (Å²) in [7, 11) is -0.659. The molecule has 2 rings (SSSR count). The minimum Gasteiger partial charge on any atom is -0.464 e. The number of ether oxygens (including phenoxy) is 2.